The number of fused-ring (bicyclic) bond motifs is 2. The number of carbonyl (C=O) groups is 1. The Bertz CT molecular complexity index is 1080. The van der Waals surface area contributed by atoms with Gasteiger partial charge in [-0.1, -0.05) is 12.2 Å². The Labute approximate surface area is 214 Å². The van der Waals surface area contributed by atoms with E-state index >= 15 is 0 Å². The second-order valence-electron chi connectivity index (χ2n) is 9.69. The molecule has 2 aromatic rings. The molecule has 1 aliphatic carbocycles. The van der Waals surface area contributed by atoms with Crippen LogP contribution in [0.2, 0.25) is 0 Å². The summed E-state index contributed by atoms with van der Waals surface area (Å²) in [6.45, 7) is 3.21. The predicted octanol–water partition coefficient (Wildman–Crippen LogP) is 3.55. The molecule has 0 N–H and O–H groups in total. The van der Waals surface area contributed by atoms with E-state index in [0.717, 1.165) is 55.0 Å². The van der Waals surface area contributed by atoms with Crippen molar-refractivity contribution in [3.05, 3.63) is 58.7 Å². The summed E-state index contributed by atoms with van der Waals surface area (Å²) in [6.07, 6.45) is 7.61. The summed E-state index contributed by atoms with van der Waals surface area (Å²) in [7, 11) is 8.78. The Morgan fingerprint density at radius 3 is 1.92 bits per heavy atom. The first-order chi connectivity index (χ1) is 17.4. The molecule has 0 radical (unpaired) electrons. The van der Waals surface area contributed by atoms with Crippen LogP contribution in [0.1, 0.15) is 22.3 Å². The fraction of sp³-hybridized carbons (Fsp3) is 0.483. The quantitative estimate of drug-likeness (QED) is 0.471. The zero-order chi connectivity index (χ0) is 25.7. The Morgan fingerprint density at radius 1 is 0.833 bits per heavy atom. The highest BCUT2D eigenvalue weighted by atomic mass is 16.5. The van der Waals surface area contributed by atoms with E-state index in [-0.39, 0.29) is 5.91 Å². The summed E-state index contributed by atoms with van der Waals surface area (Å²) < 4.78 is 21.8. The number of likely N-dealkylation sites (N-methyl/N-ethyl adjacent to an activating group) is 1. The van der Waals surface area contributed by atoms with Crippen LogP contribution in [-0.4, -0.2) is 77.4 Å². The second-order valence-corrected chi connectivity index (χ2v) is 9.69. The number of hydrogen-bond acceptors (Lipinski definition) is 6. The highest BCUT2D eigenvalue weighted by Crippen LogP contribution is 2.37. The van der Waals surface area contributed by atoms with Gasteiger partial charge >= 0.3 is 0 Å². The highest BCUT2D eigenvalue weighted by molar-refractivity contribution is 5.80. The van der Waals surface area contributed by atoms with Gasteiger partial charge in [-0.2, -0.15) is 0 Å². The molecule has 1 heterocycles. The number of nitrogens with zero attached hydrogens (tertiary/aromatic N) is 2. The van der Waals surface area contributed by atoms with Crippen molar-refractivity contribution in [2.75, 3.05) is 61.7 Å². The van der Waals surface area contributed by atoms with Crippen molar-refractivity contribution in [1.29, 1.82) is 0 Å². The molecule has 0 unspecified atom stereocenters. The predicted molar refractivity (Wildman–Crippen MR) is 141 cm³/mol. The molecule has 0 fully saturated rings. The number of amides is 1. The smallest absolute Gasteiger partial charge is 0.227 e. The number of carbonyl (C=O) groups excluding carboxylic acids is 1. The fourth-order valence-electron chi connectivity index (χ4n) is 5.35. The SMILES string of the molecule is COc1cc2c(cc1OC)CC(=O)N(C/C=C\CN(C)CC1Cc3cc(OC)c(OC)cc3C1)CC2. The number of benzene rings is 2. The molecule has 4 rings (SSSR count). The average Bonchev–Trinajstić information content (AvgIpc) is 3.20. The third kappa shape index (κ3) is 5.78. The Hall–Kier alpha value is -3.19. The van der Waals surface area contributed by atoms with Gasteiger partial charge in [0, 0.05) is 26.2 Å². The minimum atomic E-state index is 0.147. The molecule has 2 aromatic carbocycles. The van der Waals surface area contributed by atoms with Gasteiger partial charge in [0.25, 0.3) is 0 Å². The van der Waals surface area contributed by atoms with Gasteiger partial charge in [-0.05, 0) is 78.7 Å². The van der Waals surface area contributed by atoms with Crippen LogP contribution >= 0.6 is 0 Å². The number of methoxy groups -OCH3 is 4. The molecule has 0 aromatic heterocycles. The van der Waals surface area contributed by atoms with Gasteiger partial charge in [-0.3, -0.25) is 4.79 Å². The lowest BCUT2D eigenvalue weighted by molar-refractivity contribution is -0.129. The van der Waals surface area contributed by atoms with Crippen molar-refractivity contribution in [2.45, 2.75) is 25.7 Å². The summed E-state index contributed by atoms with van der Waals surface area (Å²) in [5.74, 6) is 3.71. The van der Waals surface area contributed by atoms with Crippen molar-refractivity contribution in [3.8, 4) is 23.0 Å². The fourth-order valence-corrected chi connectivity index (χ4v) is 5.35. The average molecular weight is 495 g/mol. The lowest BCUT2D eigenvalue weighted by Crippen LogP contribution is -2.32. The Balaban J connectivity index is 1.26. The van der Waals surface area contributed by atoms with Crippen LogP contribution < -0.4 is 18.9 Å². The largest absolute Gasteiger partial charge is 0.493 e. The molecule has 0 saturated carbocycles. The first-order valence-corrected chi connectivity index (χ1v) is 12.5. The second kappa shape index (κ2) is 11.7. The summed E-state index contributed by atoms with van der Waals surface area (Å²) in [5, 5.41) is 0. The van der Waals surface area contributed by atoms with E-state index in [2.05, 4.69) is 36.2 Å². The van der Waals surface area contributed by atoms with E-state index < -0.39 is 0 Å². The van der Waals surface area contributed by atoms with Gasteiger partial charge in [0.15, 0.2) is 23.0 Å². The van der Waals surface area contributed by atoms with Gasteiger partial charge in [0.05, 0.1) is 34.9 Å². The van der Waals surface area contributed by atoms with Crippen LogP contribution in [0, 0.1) is 5.92 Å². The summed E-state index contributed by atoms with van der Waals surface area (Å²) in [5.41, 5.74) is 4.90. The molecule has 36 heavy (non-hydrogen) atoms. The van der Waals surface area contributed by atoms with E-state index in [1.54, 1.807) is 28.4 Å². The lowest BCUT2D eigenvalue weighted by Gasteiger charge is -2.20. The van der Waals surface area contributed by atoms with Crippen molar-refractivity contribution >= 4 is 5.91 Å². The molecule has 2 aliphatic rings. The molecule has 1 aliphatic heterocycles. The summed E-state index contributed by atoms with van der Waals surface area (Å²) in [4.78, 5) is 17.2. The first-order valence-electron chi connectivity index (χ1n) is 12.5. The van der Waals surface area contributed by atoms with E-state index in [4.69, 9.17) is 18.9 Å². The number of ether oxygens (including phenoxy) is 4. The van der Waals surface area contributed by atoms with Crippen molar-refractivity contribution < 1.29 is 23.7 Å². The monoisotopic (exact) mass is 494 g/mol. The van der Waals surface area contributed by atoms with E-state index in [1.165, 1.54) is 11.1 Å². The molecular weight excluding hydrogens is 456 g/mol. The molecule has 1 amide bonds. The Kier molecular flexibility index (Phi) is 8.41. The summed E-state index contributed by atoms with van der Waals surface area (Å²) >= 11 is 0. The molecule has 0 spiro atoms. The highest BCUT2D eigenvalue weighted by Gasteiger charge is 2.25. The van der Waals surface area contributed by atoms with Crippen molar-refractivity contribution in [1.82, 2.24) is 9.80 Å². The van der Waals surface area contributed by atoms with Crippen LogP contribution in [0.4, 0.5) is 0 Å². The zero-order valence-electron chi connectivity index (χ0n) is 22.1. The van der Waals surface area contributed by atoms with Gasteiger partial charge < -0.3 is 28.7 Å². The van der Waals surface area contributed by atoms with Crippen LogP contribution in [0.25, 0.3) is 0 Å². The molecule has 194 valence electrons. The van der Waals surface area contributed by atoms with E-state index in [1.807, 2.05) is 17.0 Å². The third-order valence-corrected chi connectivity index (χ3v) is 7.25. The Morgan fingerprint density at radius 2 is 1.36 bits per heavy atom. The number of rotatable bonds is 10. The number of hydrogen-bond donors (Lipinski definition) is 0. The lowest BCUT2D eigenvalue weighted by atomic mass is 10.0. The molecule has 0 atom stereocenters. The van der Waals surface area contributed by atoms with Gasteiger partial charge in [-0.15, -0.1) is 0 Å². The first kappa shape index (κ1) is 25.9. The minimum Gasteiger partial charge on any atom is -0.493 e. The maximum atomic E-state index is 12.9. The molecule has 7 heteroatoms. The van der Waals surface area contributed by atoms with Crippen molar-refractivity contribution in [3.63, 3.8) is 0 Å². The van der Waals surface area contributed by atoms with Gasteiger partial charge in [-0.25, -0.2) is 0 Å². The van der Waals surface area contributed by atoms with E-state index in [9.17, 15) is 4.79 Å². The van der Waals surface area contributed by atoms with E-state index in [0.29, 0.717) is 36.9 Å². The normalized spacial score (nSPS) is 15.7. The van der Waals surface area contributed by atoms with Crippen LogP contribution in [-0.2, 0) is 30.5 Å². The topological polar surface area (TPSA) is 60.5 Å². The molecular formula is C29H38N2O5. The van der Waals surface area contributed by atoms with Gasteiger partial charge in [0.1, 0.15) is 0 Å². The maximum Gasteiger partial charge on any atom is 0.227 e. The summed E-state index contributed by atoms with van der Waals surface area (Å²) in [6, 6.07) is 8.19. The van der Waals surface area contributed by atoms with Crippen LogP contribution in [0.15, 0.2) is 36.4 Å². The van der Waals surface area contributed by atoms with Crippen LogP contribution in [0.5, 0.6) is 23.0 Å². The molecule has 7 nitrogen and oxygen atoms in total. The van der Waals surface area contributed by atoms with Crippen LogP contribution in [0.3, 0.4) is 0 Å². The molecule has 0 saturated heterocycles. The maximum absolute atomic E-state index is 12.9. The third-order valence-electron chi connectivity index (χ3n) is 7.25. The standard InChI is InChI=1S/C29H38N2O5/c1-30(19-20-12-22-15-26(34-3)27(35-4)16-23(22)13-20)9-6-7-10-31-11-8-21-14-25(33-2)28(36-5)17-24(21)18-29(31)32/h6-7,14-17,20H,8-13,18-19H2,1-5H3/b7-6-. The molecule has 0 bridgehead atoms. The van der Waals surface area contributed by atoms with Crippen molar-refractivity contribution in [2.24, 2.45) is 5.92 Å². The minimum absolute atomic E-state index is 0.147. The zero-order valence-corrected chi connectivity index (χ0v) is 22.1. The van der Waals surface area contributed by atoms with Gasteiger partial charge in [0.2, 0.25) is 5.91 Å².